The van der Waals surface area contributed by atoms with Crippen LogP contribution in [-0.2, 0) is 4.79 Å². The standard InChI is InChI=1S/C20H22N8O2/c1-15-6-8-22-20(23-15)30-14-19(29)28-11-9-27(10-12-28)18-5-4-17(25-26-18)24-16-3-2-7-21-13-16/h2-8,13H,9-12,14H2,1H3,(H,24,25). The van der Waals surface area contributed by atoms with Crippen molar-refractivity contribution in [2.45, 2.75) is 6.92 Å². The molecule has 154 valence electrons. The lowest BCUT2D eigenvalue weighted by atomic mass is 10.3. The summed E-state index contributed by atoms with van der Waals surface area (Å²) in [5.74, 6) is 1.35. The first-order valence-electron chi connectivity index (χ1n) is 9.63. The lowest BCUT2D eigenvalue weighted by Crippen LogP contribution is -2.50. The molecule has 4 rings (SSSR count). The Balaban J connectivity index is 1.26. The molecule has 10 nitrogen and oxygen atoms in total. The van der Waals surface area contributed by atoms with E-state index in [4.69, 9.17) is 4.74 Å². The van der Waals surface area contributed by atoms with Gasteiger partial charge in [-0.1, -0.05) is 0 Å². The minimum Gasteiger partial charge on any atom is -0.453 e. The summed E-state index contributed by atoms with van der Waals surface area (Å²) >= 11 is 0. The van der Waals surface area contributed by atoms with Gasteiger partial charge in [0, 0.05) is 44.3 Å². The molecule has 0 aliphatic carbocycles. The molecule has 0 radical (unpaired) electrons. The van der Waals surface area contributed by atoms with Crippen LogP contribution in [0.25, 0.3) is 0 Å². The van der Waals surface area contributed by atoms with Gasteiger partial charge < -0.3 is 19.9 Å². The number of carbonyl (C=O) groups excluding carboxylic acids is 1. The molecule has 1 amide bonds. The zero-order valence-corrected chi connectivity index (χ0v) is 16.6. The highest BCUT2D eigenvalue weighted by atomic mass is 16.5. The van der Waals surface area contributed by atoms with Gasteiger partial charge in [-0.15, -0.1) is 10.2 Å². The number of carbonyl (C=O) groups is 1. The Labute approximate surface area is 174 Å². The summed E-state index contributed by atoms with van der Waals surface area (Å²) in [6, 6.07) is 9.55. The van der Waals surface area contributed by atoms with E-state index in [1.165, 1.54) is 0 Å². The Morgan fingerprint density at radius 3 is 2.67 bits per heavy atom. The molecule has 0 spiro atoms. The second-order valence-electron chi connectivity index (χ2n) is 6.78. The van der Waals surface area contributed by atoms with E-state index < -0.39 is 0 Å². The summed E-state index contributed by atoms with van der Waals surface area (Å²) in [5, 5.41) is 11.7. The van der Waals surface area contributed by atoms with Crippen LogP contribution in [0, 0.1) is 6.92 Å². The Morgan fingerprint density at radius 1 is 1.10 bits per heavy atom. The fraction of sp³-hybridized carbons (Fsp3) is 0.300. The lowest BCUT2D eigenvalue weighted by Gasteiger charge is -2.35. The summed E-state index contributed by atoms with van der Waals surface area (Å²) in [7, 11) is 0. The first kappa shape index (κ1) is 19.5. The van der Waals surface area contributed by atoms with Crippen molar-refractivity contribution in [2.24, 2.45) is 0 Å². The Hall–Kier alpha value is -3.82. The monoisotopic (exact) mass is 406 g/mol. The van der Waals surface area contributed by atoms with Gasteiger partial charge in [0.25, 0.3) is 5.91 Å². The summed E-state index contributed by atoms with van der Waals surface area (Å²) < 4.78 is 5.41. The fourth-order valence-corrected chi connectivity index (χ4v) is 3.04. The molecule has 0 unspecified atom stereocenters. The van der Waals surface area contributed by atoms with Gasteiger partial charge in [-0.3, -0.25) is 9.78 Å². The van der Waals surface area contributed by atoms with Crippen LogP contribution in [0.5, 0.6) is 6.01 Å². The van der Waals surface area contributed by atoms with Gasteiger partial charge in [0.1, 0.15) is 0 Å². The van der Waals surface area contributed by atoms with E-state index in [9.17, 15) is 4.79 Å². The molecule has 3 aromatic heterocycles. The third-order valence-electron chi connectivity index (χ3n) is 4.64. The van der Waals surface area contributed by atoms with E-state index in [1.807, 2.05) is 31.2 Å². The molecule has 0 atom stereocenters. The number of aromatic nitrogens is 5. The average molecular weight is 406 g/mol. The Morgan fingerprint density at radius 2 is 1.97 bits per heavy atom. The van der Waals surface area contributed by atoms with E-state index in [0.717, 1.165) is 17.2 Å². The third-order valence-corrected chi connectivity index (χ3v) is 4.64. The number of amides is 1. The number of pyridine rings is 1. The average Bonchev–Trinajstić information content (AvgIpc) is 2.79. The van der Waals surface area contributed by atoms with Crippen molar-refractivity contribution in [3.8, 4) is 6.01 Å². The molecule has 0 aromatic carbocycles. The van der Waals surface area contributed by atoms with Crippen LogP contribution in [0.15, 0.2) is 48.9 Å². The highest BCUT2D eigenvalue weighted by molar-refractivity contribution is 5.78. The van der Waals surface area contributed by atoms with Crippen LogP contribution in [0.3, 0.4) is 0 Å². The molecule has 3 aromatic rings. The second kappa shape index (κ2) is 9.12. The van der Waals surface area contributed by atoms with Gasteiger partial charge in [-0.05, 0) is 37.3 Å². The molecule has 1 N–H and O–H groups in total. The van der Waals surface area contributed by atoms with Crippen LogP contribution in [0.2, 0.25) is 0 Å². The van der Waals surface area contributed by atoms with Crippen molar-refractivity contribution in [1.82, 2.24) is 30.0 Å². The Kier molecular flexibility index (Phi) is 5.93. The number of piperazine rings is 1. The number of hydrogen-bond acceptors (Lipinski definition) is 9. The molecule has 30 heavy (non-hydrogen) atoms. The number of aryl methyl sites for hydroxylation is 1. The van der Waals surface area contributed by atoms with Crippen molar-refractivity contribution in [3.63, 3.8) is 0 Å². The zero-order chi connectivity index (χ0) is 20.8. The smallest absolute Gasteiger partial charge is 0.317 e. The summed E-state index contributed by atoms with van der Waals surface area (Å²) in [4.78, 5) is 28.5. The number of hydrogen-bond donors (Lipinski definition) is 1. The van der Waals surface area contributed by atoms with Gasteiger partial charge in [-0.25, -0.2) is 9.97 Å². The normalized spacial score (nSPS) is 13.8. The molecule has 1 aliphatic rings. The number of anilines is 3. The predicted molar refractivity (Wildman–Crippen MR) is 111 cm³/mol. The van der Waals surface area contributed by atoms with E-state index in [0.29, 0.717) is 32.0 Å². The van der Waals surface area contributed by atoms with Gasteiger partial charge in [-0.2, -0.15) is 0 Å². The van der Waals surface area contributed by atoms with E-state index in [-0.39, 0.29) is 18.5 Å². The molecule has 1 aliphatic heterocycles. The molecular weight excluding hydrogens is 384 g/mol. The van der Waals surface area contributed by atoms with Crippen molar-refractivity contribution >= 4 is 23.2 Å². The molecular formula is C20H22N8O2. The van der Waals surface area contributed by atoms with Crippen molar-refractivity contribution in [3.05, 3.63) is 54.6 Å². The maximum absolute atomic E-state index is 12.4. The first-order chi connectivity index (χ1) is 14.7. The predicted octanol–water partition coefficient (Wildman–Crippen LogP) is 1.44. The molecule has 1 fully saturated rings. The SMILES string of the molecule is Cc1ccnc(OCC(=O)N2CCN(c3ccc(Nc4cccnc4)nn3)CC2)n1. The third kappa shape index (κ3) is 4.96. The summed E-state index contributed by atoms with van der Waals surface area (Å²) in [6.07, 6.45) is 5.05. The molecule has 4 heterocycles. The van der Waals surface area contributed by atoms with Gasteiger partial charge >= 0.3 is 6.01 Å². The minimum atomic E-state index is -0.0816. The lowest BCUT2D eigenvalue weighted by molar-refractivity contribution is -0.133. The van der Waals surface area contributed by atoms with E-state index >= 15 is 0 Å². The zero-order valence-electron chi connectivity index (χ0n) is 16.6. The highest BCUT2D eigenvalue weighted by Crippen LogP contribution is 2.17. The van der Waals surface area contributed by atoms with Crippen LogP contribution in [0.1, 0.15) is 5.69 Å². The van der Waals surface area contributed by atoms with Gasteiger partial charge in [0.2, 0.25) is 0 Å². The summed E-state index contributed by atoms with van der Waals surface area (Å²) in [6.45, 7) is 4.31. The molecule has 1 saturated heterocycles. The van der Waals surface area contributed by atoms with E-state index in [1.54, 1.807) is 29.6 Å². The Bertz CT molecular complexity index is 976. The quantitative estimate of drug-likeness (QED) is 0.650. The first-order valence-corrected chi connectivity index (χ1v) is 9.63. The van der Waals surface area contributed by atoms with E-state index in [2.05, 4.69) is 35.4 Å². The maximum atomic E-state index is 12.4. The molecule has 0 saturated carbocycles. The largest absolute Gasteiger partial charge is 0.453 e. The van der Waals surface area contributed by atoms with Crippen molar-refractivity contribution in [1.29, 1.82) is 0 Å². The van der Waals surface area contributed by atoms with Crippen LogP contribution < -0.4 is 15.0 Å². The van der Waals surface area contributed by atoms with Crippen LogP contribution >= 0.6 is 0 Å². The minimum absolute atomic E-state index is 0.0715. The van der Waals surface area contributed by atoms with Crippen molar-refractivity contribution < 1.29 is 9.53 Å². The van der Waals surface area contributed by atoms with Crippen LogP contribution in [0.4, 0.5) is 17.3 Å². The van der Waals surface area contributed by atoms with Crippen molar-refractivity contribution in [2.75, 3.05) is 43.0 Å². The number of nitrogens with one attached hydrogen (secondary N) is 1. The summed E-state index contributed by atoms with van der Waals surface area (Å²) in [5.41, 5.74) is 1.65. The number of rotatable bonds is 6. The van der Waals surface area contributed by atoms with Gasteiger partial charge in [0.15, 0.2) is 18.2 Å². The number of nitrogens with zero attached hydrogens (tertiary/aromatic N) is 7. The topological polar surface area (TPSA) is 109 Å². The maximum Gasteiger partial charge on any atom is 0.317 e. The fourth-order valence-electron chi connectivity index (χ4n) is 3.04. The highest BCUT2D eigenvalue weighted by Gasteiger charge is 2.22. The van der Waals surface area contributed by atoms with Gasteiger partial charge in [0.05, 0.1) is 11.9 Å². The second-order valence-corrected chi connectivity index (χ2v) is 6.78. The molecule has 0 bridgehead atoms. The number of ether oxygens (including phenoxy) is 1. The van der Waals surface area contributed by atoms with Crippen LogP contribution in [-0.4, -0.2) is 68.7 Å². The molecule has 10 heteroatoms.